The quantitative estimate of drug-likeness (QED) is 0.0267. The van der Waals surface area contributed by atoms with Crippen LogP contribution < -0.4 is 0 Å². The summed E-state index contributed by atoms with van der Waals surface area (Å²) in [5.41, 5.74) is 0. The molecule has 1 unspecified atom stereocenters. The number of hydrogen-bond donors (Lipinski definition) is 0. The second-order valence-corrected chi connectivity index (χ2v) is 15.3. The van der Waals surface area contributed by atoms with Crippen LogP contribution in [0.1, 0.15) is 226 Å². The topological polar surface area (TPSA) is 78.9 Å². The van der Waals surface area contributed by atoms with Gasteiger partial charge in [0.2, 0.25) is 0 Å². The van der Waals surface area contributed by atoms with Crippen LogP contribution in [0.25, 0.3) is 0 Å². The van der Waals surface area contributed by atoms with E-state index in [4.69, 9.17) is 14.2 Å². The fraction of sp³-hybridized carbons (Fsp3) is 0.776. The molecule has 0 heterocycles. The van der Waals surface area contributed by atoms with Gasteiger partial charge in [-0.2, -0.15) is 0 Å². The second-order valence-electron chi connectivity index (χ2n) is 15.3. The fourth-order valence-corrected chi connectivity index (χ4v) is 6.37. The summed E-state index contributed by atoms with van der Waals surface area (Å²) < 4.78 is 16.6. The van der Waals surface area contributed by atoms with Gasteiger partial charge >= 0.3 is 17.9 Å². The number of ether oxygens (including phenoxy) is 3. The summed E-state index contributed by atoms with van der Waals surface area (Å²) >= 11 is 0. The van der Waals surface area contributed by atoms with Gasteiger partial charge in [-0.05, 0) is 57.8 Å². The Morgan fingerprint density at radius 1 is 0.382 bits per heavy atom. The van der Waals surface area contributed by atoms with Crippen molar-refractivity contribution in [2.24, 2.45) is 0 Å². The van der Waals surface area contributed by atoms with Gasteiger partial charge in [-0.25, -0.2) is 0 Å². The summed E-state index contributed by atoms with van der Waals surface area (Å²) in [4.78, 5) is 37.5. The van der Waals surface area contributed by atoms with Gasteiger partial charge in [0.1, 0.15) is 13.2 Å². The Kier molecular flexibility index (Phi) is 42.0. The first-order chi connectivity index (χ1) is 27.0. The van der Waals surface area contributed by atoms with Gasteiger partial charge in [0.25, 0.3) is 0 Å². The molecule has 0 saturated heterocycles. The van der Waals surface area contributed by atoms with E-state index in [1.165, 1.54) is 83.5 Å². The zero-order valence-electron chi connectivity index (χ0n) is 36.2. The highest BCUT2D eigenvalue weighted by Gasteiger charge is 2.19. The largest absolute Gasteiger partial charge is 0.462 e. The zero-order valence-corrected chi connectivity index (χ0v) is 36.2. The SMILES string of the molecule is CC/C=C\C/C=C\C/C=C\C/C=C\CCCCCCC(=O)OCC(COC(=O)CCCCCCC)OC(=O)CCCCCCCCCCCCCCCCC. The van der Waals surface area contributed by atoms with Crippen molar-refractivity contribution in [1.82, 2.24) is 0 Å². The van der Waals surface area contributed by atoms with Crippen LogP contribution in [0.3, 0.4) is 0 Å². The Balaban J connectivity index is 4.25. The third kappa shape index (κ3) is 42.4. The van der Waals surface area contributed by atoms with Gasteiger partial charge in [0, 0.05) is 19.3 Å². The summed E-state index contributed by atoms with van der Waals surface area (Å²) in [6.45, 7) is 6.42. The Hall–Kier alpha value is -2.63. The molecule has 0 bridgehead atoms. The van der Waals surface area contributed by atoms with Crippen molar-refractivity contribution in [3.63, 3.8) is 0 Å². The minimum atomic E-state index is -0.775. The molecule has 55 heavy (non-hydrogen) atoms. The molecule has 6 heteroatoms. The van der Waals surface area contributed by atoms with Crippen molar-refractivity contribution in [1.29, 1.82) is 0 Å². The number of unbranched alkanes of at least 4 members (excludes halogenated alkanes) is 22. The van der Waals surface area contributed by atoms with Crippen LogP contribution in [0, 0.1) is 0 Å². The summed E-state index contributed by atoms with van der Waals surface area (Å²) in [5.74, 6) is -0.916. The Bertz CT molecular complexity index is 980. The predicted molar refractivity (Wildman–Crippen MR) is 233 cm³/mol. The van der Waals surface area contributed by atoms with E-state index >= 15 is 0 Å². The lowest BCUT2D eigenvalue weighted by Gasteiger charge is -2.18. The molecular formula is C49H86O6. The van der Waals surface area contributed by atoms with Gasteiger partial charge in [-0.1, -0.05) is 198 Å². The molecule has 0 aromatic heterocycles. The first kappa shape index (κ1) is 52.4. The summed E-state index contributed by atoms with van der Waals surface area (Å²) in [7, 11) is 0. The van der Waals surface area contributed by atoms with E-state index < -0.39 is 6.10 Å². The van der Waals surface area contributed by atoms with E-state index in [-0.39, 0.29) is 31.1 Å². The molecule has 0 rings (SSSR count). The predicted octanol–water partition coefficient (Wildman–Crippen LogP) is 14.8. The highest BCUT2D eigenvalue weighted by atomic mass is 16.6. The minimum absolute atomic E-state index is 0.0804. The smallest absolute Gasteiger partial charge is 0.306 e. The molecule has 0 aliphatic heterocycles. The first-order valence-corrected chi connectivity index (χ1v) is 23.1. The number of allylic oxidation sites excluding steroid dienone is 8. The maximum absolute atomic E-state index is 12.7. The van der Waals surface area contributed by atoms with Crippen LogP contribution >= 0.6 is 0 Å². The van der Waals surface area contributed by atoms with Gasteiger partial charge in [0.05, 0.1) is 0 Å². The van der Waals surface area contributed by atoms with E-state index in [0.29, 0.717) is 19.3 Å². The Morgan fingerprint density at radius 2 is 0.709 bits per heavy atom. The number of hydrogen-bond acceptors (Lipinski definition) is 6. The maximum Gasteiger partial charge on any atom is 0.306 e. The van der Waals surface area contributed by atoms with Crippen LogP contribution in [0.2, 0.25) is 0 Å². The second kappa shape index (κ2) is 44.1. The highest BCUT2D eigenvalue weighted by Crippen LogP contribution is 2.15. The van der Waals surface area contributed by atoms with Crippen LogP contribution in [0.5, 0.6) is 0 Å². The lowest BCUT2D eigenvalue weighted by Crippen LogP contribution is -2.30. The van der Waals surface area contributed by atoms with Crippen LogP contribution in [-0.4, -0.2) is 37.2 Å². The maximum atomic E-state index is 12.7. The van der Waals surface area contributed by atoms with Crippen LogP contribution in [-0.2, 0) is 28.6 Å². The molecule has 0 aliphatic carbocycles. The van der Waals surface area contributed by atoms with Gasteiger partial charge in [-0.3, -0.25) is 14.4 Å². The molecule has 0 saturated carbocycles. The van der Waals surface area contributed by atoms with Crippen LogP contribution in [0.4, 0.5) is 0 Å². The number of rotatable bonds is 41. The van der Waals surface area contributed by atoms with E-state index in [0.717, 1.165) is 103 Å². The van der Waals surface area contributed by atoms with E-state index in [2.05, 4.69) is 69.4 Å². The number of esters is 3. The monoisotopic (exact) mass is 771 g/mol. The number of carbonyl (C=O) groups excluding carboxylic acids is 3. The molecule has 0 amide bonds. The Labute approximate surface area is 339 Å². The third-order valence-corrected chi connectivity index (χ3v) is 9.85. The summed E-state index contributed by atoms with van der Waals surface area (Å²) in [5, 5.41) is 0. The van der Waals surface area contributed by atoms with Gasteiger partial charge in [0.15, 0.2) is 6.10 Å². The van der Waals surface area contributed by atoms with E-state index in [1.54, 1.807) is 0 Å². The molecule has 0 aromatic carbocycles. The molecule has 0 fully saturated rings. The molecular weight excluding hydrogens is 685 g/mol. The zero-order chi connectivity index (χ0) is 40.1. The van der Waals surface area contributed by atoms with E-state index in [9.17, 15) is 14.4 Å². The molecule has 0 radical (unpaired) electrons. The lowest BCUT2D eigenvalue weighted by atomic mass is 10.0. The summed E-state index contributed by atoms with van der Waals surface area (Å²) in [6.07, 6.45) is 51.2. The van der Waals surface area contributed by atoms with Gasteiger partial charge < -0.3 is 14.2 Å². The standard InChI is InChI=1S/C49H86O6/c1-4-7-10-13-15-17-19-21-23-24-26-27-29-31-33-36-39-42-48(51)54-45-46(44-53-47(50)41-38-35-12-9-6-3)55-49(52)43-40-37-34-32-30-28-25-22-20-18-16-14-11-8-5-2/h7,10,15,17,21,23,26-27,46H,4-6,8-9,11-14,16,18-20,22,24-25,28-45H2,1-3H3/b10-7-,17-15-,23-21-,27-26-. The van der Waals surface area contributed by atoms with Gasteiger partial charge in [-0.15, -0.1) is 0 Å². The number of carbonyl (C=O) groups is 3. The Morgan fingerprint density at radius 3 is 1.11 bits per heavy atom. The molecule has 318 valence electrons. The molecule has 6 nitrogen and oxygen atoms in total. The molecule has 0 aliphatic rings. The van der Waals surface area contributed by atoms with Crippen molar-refractivity contribution < 1.29 is 28.6 Å². The first-order valence-electron chi connectivity index (χ1n) is 23.1. The highest BCUT2D eigenvalue weighted by molar-refractivity contribution is 5.71. The normalized spacial score (nSPS) is 12.4. The molecule has 0 aromatic rings. The average Bonchev–Trinajstić information content (AvgIpc) is 3.18. The van der Waals surface area contributed by atoms with Crippen molar-refractivity contribution in [3.05, 3.63) is 48.6 Å². The molecule has 1 atom stereocenters. The molecule has 0 N–H and O–H groups in total. The average molecular weight is 771 g/mol. The van der Waals surface area contributed by atoms with Crippen molar-refractivity contribution in [2.45, 2.75) is 232 Å². The molecule has 0 spiro atoms. The van der Waals surface area contributed by atoms with Crippen LogP contribution in [0.15, 0.2) is 48.6 Å². The summed E-state index contributed by atoms with van der Waals surface area (Å²) in [6, 6.07) is 0. The lowest BCUT2D eigenvalue weighted by molar-refractivity contribution is -0.167. The third-order valence-electron chi connectivity index (χ3n) is 9.85. The van der Waals surface area contributed by atoms with Crippen molar-refractivity contribution >= 4 is 17.9 Å². The van der Waals surface area contributed by atoms with Crippen molar-refractivity contribution in [2.75, 3.05) is 13.2 Å². The fourth-order valence-electron chi connectivity index (χ4n) is 6.37. The minimum Gasteiger partial charge on any atom is -0.462 e. The van der Waals surface area contributed by atoms with E-state index in [1.807, 2.05) is 0 Å². The van der Waals surface area contributed by atoms with Crippen molar-refractivity contribution in [3.8, 4) is 0 Å².